The Labute approximate surface area is 247 Å². The molecule has 208 valence electrons. The SMILES string of the molecule is COc1ccc(CN2C(=O)C(=Cc3c(N4CCN(Cc5ccccc5)CC4)nc4ccccn4c3=O)SC2=S)cc1. The number of aromatic nitrogens is 2. The maximum atomic E-state index is 13.8. The van der Waals surface area contributed by atoms with Gasteiger partial charge in [0.15, 0.2) is 0 Å². The van der Waals surface area contributed by atoms with Crippen LogP contribution in [0.5, 0.6) is 5.75 Å². The lowest BCUT2D eigenvalue weighted by atomic mass is 10.1. The van der Waals surface area contributed by atoms with Gasteiger partial charge < -0.3 is 9.64 Å². The number of amides is 1. The first-order valence-corrected chi connectivity index (χ1v) is 14.6. The highest BCUT2D eigenvalue weighted by molar-refractivity contribution is 8.26. The van der Waals surface area contributed by atoms with Gasteiger partial charge in [-0.2, -0.15) is 0 Å². The van der Waals surface area contributed by atoms with Crippen molar-refractivity contribution < 1.29 is 9.53 Å². The zero-order valence-electron chi connectivity index (χ0n) is 22.6. The average molecular weight is 584 g/mol. The number of rotatable bonds is 7. The molecule has 0 aliphatic carbocycles. The van der Waals surface area contributed by atoms with Crippen LogP contribution in [-0.2, 0) is 17.9 Å². The van der Waals surface area contributed by atoms with Gasteiger partial charge in [-0.05, 0) is 41.5 Å². The van der Waals surface area contributed by atoms with Gasteiger partial charge in [-0.25, -0.2) is 4.98 Å². The standard InChI is InChI=1S/C31H29N5O3S2/c1-39-24-12-10-23(11-13-24)21-36-30(38)26(41-31(36)40)19-25-28(32-27-9-5-6-14-35(27)29(25)37)34-17-15-33(16-18-34)20-22-7-3-2-4-8-22/h2-14,19H,15-18,20-21H2,1H3. The molecule has 0 radical (unpaired) electrons. The van der Waals surface area contributed by atoms with Crippen LogP contribution in [0.2, 0.25) is 0 Å². The van der Waals surface area contributed by atoms with Crippen molar-refractivity contribution >= 4 is 51.7 Å². The third-order valence-electron chi connectivity index (χ3n) is 7.32. The Morgan fingerprint density at radius 3 is 2.34 bits per heavy atom. The van der Waals surface area contributed by atoms with Crippen LogP contribution in [0.3, 0.4) is 0 Å². The lowest BCUT2D eigenvalue weighted by Gasteiger charge is -2.36. The van der Waals surface area contributed by atoms with Gasteiger partial charge in [0.1, 0.15) is 21.5 Å². The minimum Gasteiger partial charge on any atom is -0.497 e. The number of pyridine rings is 1. The van der Waals surface area contributed by atoms with E-state index in [0.29, 0.717) is 32.8 Å². The molecule has 2 aromatic heterocycles. The molecule has 0 unspecified atom stereocenters. The van der Waals surface area contributed by atoms with Crippen LogP contribution in [0.4, 0.5) is 5.82 Å². The van der Waals surface area contributed by atoms with Crippen LogP contribution in [-0.4, -0.2) is 62.7 Å². The zero-order chi connectivity index (χ0) is 28.3. The highest BCUT2D eigenvalue weighted by atomic mass is 32.2. The van der Waals surface area contributed by atoms with Gasteiger partial charge in [0, 0.05) is 38.9 Å². The van der Waals surface area contributed by atoms with E-state index in [1.807, 2.05) is 42.5 Å². The third-order valence-corrected chi connectivity index (χ3v) is 8.70. The number of nitrogens with zero attached hydrogens (tertiary/aromatic N) is 5. The van der Waals surface area contributed by atoms with E-state index >= 15 is 0 Å². The second kappa shape index (κ2) is 11.9. The molecular formula is C31H29N5O3S2. The molecule has 0 saturated carbocycles. The predicted molar refractivity (Wildman–Crippen MR) is 167 cm³/mol. The number of thioether (sulfide) groups is 1. The number of thiocarbonyl (C=S) groups is 1. The van der Waals surface area contributed by atoms with Crippen molar-refractivity contribution in [1.82, 2.24) is 19.2 Å². The number of benzene rings is 2. The van der Waals surface area contributed by atoms with Crippen molar-refractivity contribution in [2.45, 2.75) is 13.1 Å². The Kier molecular flexibility index (Phi) is 7.86. The van der Waals surface area contributed by atoms with E-state index in [1.165, 1.54) is 21.7 Å². The van der Waals surface area contributed by atoms with Gasteiger partial charge in [-0.15, -0.1) is 0 Å². The molecule has 2 saturated heterocycles. The predicted octanol–water partition coefficient (Wildman–Crippen LogP) is 4.43. The fraction of sp³-hybridized carbons (Fsp3) is 0.226. The van der Waals surface area contributed by atoms with Gasteiger partial charge in [0.2, 0.25) is 0 Å². The van der Waals surface area contributed by atoms with E-state index in [2.05, 4.69) is 34.1 Å². The smallest absolute Gasteiger partial charge is 0.267 e. The molecule has 6 rings (SSSR count). The molecule has 4 aromatic rings. The van der Waals surface area contributed by atoms with Gasteiger partial charge in [0.25, 0.3) is 11.5 Å². The van der Waals surface area contributed by atoms with E-state index in [9.17, 15) is 9.59 Å². The van der Waals surface area contributed by atoms with Crippen molar-refractivity contribution in [1.29, 1.82) is 0 Å². The van der Waals surface area contributed by atoms with Crippen molar-refractivity contribution in [2.24, 2.45) is 0 Å². The number of carbonyl (C=O) groups excluding carboxylic acids is 1. The summed E-state index contributed by atoms with van der Waals surface area (Å²) in [6.07, 6.45) is 3.38. The molecule has 0 spiro atoms. The molecule has 4 heterocycles. The van der Waals surface area contributed by atoms with Crippen LogP contribution in [0.25, 0.3) is 11.7 Å². The summed E-state index contributed by atoms with van der Waals surface area (Å²) >= 11 is 6.80. The molecule has 2 fully saturated rings. The number of hydrogen-bond donors (Lipinski definition) is 0. The quantitative estimate of drug-likeness (QED) is 0.234. The Bertz CT molecular complexity index is 1680. The number of ether oxygens (including phenoxy) is 1. The first kappa shape index (κ1) is 27.2. The molecule has 0 N–H and O–H groups in total. The Morgan fingerprint density at radius 1 is 0.902 bits per heavy atom. The summed E-state index contributed by atoms with van der Waals surface area (Å²) in [5.41, 5.74) is 2.97. The van der Waals surface area contributed by atoms with Crippen LogP contribution < -0.4 is 15.2 Å². The maximum absolute atomic E-state index is 13.8. The number of fused-ring (bicyclic) bond motifs is 1. The Balaban J connectivity index is 1.28. The topological polar surface area (TPSA) is 70.4 Å². The molecule has 2 aliphatic heterocycles. The van der Waals surface area contributed by atoms with Crippen LogP contribution in [0.1, 0.15) is 16.7 Å². The van der Waals surface area contributed by atoms with Crippen molar-refractivity contribution in [3.8, 4) is 5.75 Å². The van der Waals surface area contributed by atoms with E-state index in [1.54, 1.807) is 30.3 Å². The van der Waals surface area contributed by atoms with Crippen molar-refractivity contribution in [3.63, 3.8) is 0 Å². The molecule has 10 heteroatoms. The summed E-state index contributed by atoms with van der Waals surface area (Å²) < 4.78 is 7.22. The second-order valence-electron chi connectivity index (χ2n) is 9.95. The number of carbonyl (C=O) groups is 1. The highest BCUT2D eigenvalue weighted by Crippen LogP contribution is 2.35. The fourth-order valence-corrected chi connectivity index (χ4v) is 6.34. The van der Waals surface area contributed by atoms with Crippen LogP contribution >= 0.6 is 24.0 Å². The second-order valence-corrected chi connectivity index (χ2v) is 11.6. The zero-order valence-corrected chi connectivity index (χ0v) is 24.2. The Hall–Kier alpha value is -3.99. The first-order chi connectivity index (χ1) is 20.0. The summed E-state index contributed by atoms with van der Waals surface area (Å²) in [5, 5.41) is 0. The normalized spacial score (nSPS) is 17.1. The van der Waals surface area contributed by atoms with Crippen LogP contribution in [0, 0.1) is 0 Å². The molecular weight excluding hydrogens is 555 g/mol. The average Bonchev–Trinajstić information content (AvgIpc) is 3.27. The molecule has 2 aromatic carbocycles. The molecule has 0 bridgehead atoms. The monoisotopic (exact) mass is 583 g/mol. The number of piperazine rings is 1. The van der Waals surface area contributed by atoms with Crippen molar-refractivity contribution in [2.75, 3.05) is 38.2 Å². The van der Waals surface area contributed by atoms with Crippen LogP contribution in [0.15, 0.2) is 88.7 Å². The molecule has 0 atom stereocenters. The lowest BCUT2D eigenvalue weighted by molar-refractivity contribution is -0.122. The molecule has 2 aliphatic rings. The van der Waals surface area contributed by atoms with E-state index < -0.39 is 0 Å². The lowest BCUT2D eigenvalue weighted by Crippen LogP contribution is -2.47. The fourth-order valence-electron chi connectivity index (χ4n) is 5.10. The first-order valence-electron chi connectivity index (χ1n) is 13.4. The maximum Gasteiger partial charge on any atom is 0.267 e. The largest absolute Gasteiger partial charge is 0.497 e. The van der Waals surface area contributed by atoms with E-state index in [4.69, 9.17) is 21.9 Å². The summed E-state index contributed by atoms with van der Waals surface area (Å²) in [5.74, 6) is 1.13. The molecule has 1 amide bonds. The van der Waals surface area contributed by atoms with Gasteiger partial charge in [-0.3, -0.25) is 23.8 Å². The molecule has 8 nitrogen and oxygen atoms in total. The number of hydrogen-bond acceptors (Lipinski definition) is 8. The summed E-state index contributed by atoms with van der Waals surface area (Å²) in [6.45, 7) is 4.36. The van der Waals surface area contributed by atoms with E-state index in [0.717, 1.165) is 44.0 Å². The highest BCUT2D eigenvalue weighted by Gasteiger charge is 2.33. The number of anilines is 1. The summed E-state index contributed by atoms with van der Waals surface area (Å²) in [4.78, 5) is 38.7. The minimum atomic E-state index is -0.216. The van der Waals surface area contributed by atoms with Gasteiger partial charge in [-0.1, -0.05) is 72.5 Å². The number of methoxy groups -OCH3 is 1. The minimum absolute atomic E-state index is 0.210. The van der Waals surface area contributed by atoms with Crippen molar-refractivity contribution in [3.05, 3.63) is 111 Å². The van der Waals surface area contributed by atoms with Gasteiger partial charge >= 0.3 is 0 Å². The van der Waals surface area contributed by atoms with E-state index in [-0.39, 0.29) is 11.5 Å². The Morgan fingerprint density at radius 2 is 1.61 bits per heavy atom. The summed E-state index contributed by atoms with van der Waals surface area (Å²) in [6, 6.07) is 23.5. The third kappa shape index (κ3) is 5.76. The summed E-state index contributed by atoms with van der Waals surface area (Å²) in [7, 11) is 1.62. The van der Waals surface area contributed by atoms with Gasteiger partial charge in [0.05, 0.1) is 24.1 Å². The molecule has 41 heavy (non-hydrogen) atoms.